The van der Waals surface area contributed by atoms with Gasteiger partial charge in [-0.3, -0.25) is 0 Å². The van der Waals surface area contributed by atoms with Crippen LogP contribution in [0.3, 0.4) is 0 Å². The van der Waals surface area contributed by atoms with E-state index in [0.29, 0.717) is 19.1 Å². The van der Waals surface area contributed by atoms with Crippen molar-refractivity contribution in [3.05, 3.63) is 23.8 Å². The van der Waals surface area contributed by atoms with Gasteiger partial charge in [0, 0.05) is 35.3 Å². The van der Waals surface area contributed by atoms with Gasteiger partial charge in [-0.05, 0) is 31.2 Å². The molecule has 0 spiro atoms. The molecule has 0 radical (unpaired) electrons. The van der Waals surface area contributed by atoms with E-state index in [0.717, 1.165) is 0 Å². The molecule has 0 heterocycles. The summed E-state index contributed by atoms with van der Waals surface area (Å²) < 4.78 is 0. The molecule has 3 N–H and O–H groups in total. The van der Waals surface area contributed by atoms with Crippen molar-refractivity contribution < 1.29 is 5.11 Å². The maximum atomic E-state index is 9.37. The van der Waals surface area contributed by atoms with Crippen LogP contribution >= 0.6 is 11.8 Å². The molecule has 0 saturated heterocycles. The second-order valence-electron chi connectivity index (χ2n) is 5.02. The summed E-state index contributed by atoms with van der Waals surface area (Å²) >= 11 is 1.74. The molecule has 1 aromatic rings. The van der Waals surface area contributed by atoms with Gasteiger partial charge >= 0.3 is 0 Å². The molecular weight excluding hydrogens is 256 g/mol. The first kappa shape index (κ1) is 14.7. The molecule has 0 unspecified atom stereocenters. The molecule has 1 aromatic carbocycles. The molecule has 0 aliphatic heterocycles. The number of hydrogen-bond donors (Lipinski definition) is 2. The average molecular weight is 280 g/mol. The summed E-state index contributed by atoms with van der Waals surface area (Å²) in [6.45, 7) is 1.46. The van der Waals surface area contributed by atoms with Gasteiger partial charge in [0.15, 0.2) is 0 Å². The molecule has 3 nitrogen and oxygen atoms in total. The fourth-order valence-corrected chi connectivity index (χ4v) is 3.69. The van der Waals surface area contributed by atoms with Gasteiger partial charge in [0.25, 0.3) is 0 Å². The molecule has 4 heteroatoms. The summed E-state index contributed by atoms with van der Waals surface area (Å²) in [5, 5.41) is 9.37. The van der Waals surface area contributed by atoms with Crippen LogP contribution in [0.2, 0.25) is 0 Å². The monoisotopic (exact) mass is 280 g/mol. The molecule has 1 fully saturated rings. The fourth-order valence-electron chi connectivity index (χ4n) is 3.04. The van der Waals surface area contributed by atoms with Gasteiger partial charge in [0.2, 0.25) is 0 Å². The number of benzene rings is 1. The minimum Gasteiger partial charge on any atom is -0.395 e. The van der Waals surface area contributed by atoms with Gasteiger partial charge < -0.3 is 15.7 Å². The van der Waals surface area contributed by atoms with Crippen LogP contribution in [0.4, 0.5) is 5.69 Å². The highest BCUT2D eigenvalue weighted by Gasteiger charge is 2.24. The first-order valence-corrected chi connectivity index (χ1v) is 8.27. The van der Waals surface area contributed by atoms with Crippen LogP contribution in [0.5, 0.6) is 0 Å². The highest BCUT2D eigenvalue weighted by atomic mass is 32.2. The molecule has 2 rings (SSSR count). The zero-order valence-corrected chi connectivity index (χ0v) is 12.5. The molecule has 0 aromatic heterocycles. The SMILES string of the molecule is CSc1cccc(N(CCO)C2CCCC2)c1CN. The smallest absolute Gasteiger partial charge is 0.0606 e. The quantitative estimate of drug-likeness (QED) is 0.787. The van der Waals surface area contributed by atoms with Crippen LogP contribution in [0.1, 0.15) is 31.2 Å². The van der Waals surface area contributed by atoms with Gasteiger partial charge in [0.1, 0.15) is 0 Å². The number of rotatable bonds is 6. The summed E-state index contributed by atoms with van der Waals surface area (Å²) in [6.07, 6.45) is 7.14. The number of nitrogens with zero attached hydrogens (tertiary/aromatic N) is 1. The van der Waals surface area contributed by atoms with Crippen molar-refractivity contribution in [2.75, 3.05) is 24.3 Å². The lowest BCUT2D eigenvalue weighted by Gasteiger charge is -2.33. The van der Waals surface area contributed by atoms with Crippen molar-refractivity contribution in [1.82, 2.24) is 0 Å². The van der Waals surface area contributed by atoms with Gasteiger partial charge in [-0.1, -0.05) is 18.9 Å². The highest BCUT2D eigenvalue weighted by molar-refractivity contribution is 7.98. The summed E-state index contributed by atoms with van der Waals surface area (Å²) in [6, 6.07) is 6.94. The van der Waals surface area contributed by atoms with Gasteiger partial charge in [0.05, 0.1) is 6.61 Å². The summed E-state index contributed by atoms with van der Waals surface area (Å²) in [5.74, 6) is 0. The molecule has 19 heavy (non-hydrogen) atoms. The highest BCUT2D eigenvalue weighted by Crippen LogP contribution is 2.34. The van der Waals surface area contributed by atoms with Gasteiger partial charge in [-0.25, -0.2) is 0 Å². The van der Waals surface area contributed by atoms with E-state index in [1.165, 1.54) is 41.8 Å². The molecule has 1 saturated carbocycles. The van der Waals surface area contributed by atoms with Crippen molar-refractivity contribution in [2.45, 2.75) is 43.2 Å². The molecule has 106 valence electrons. The van der Waals surface area contributed by atoms with Crippen LogP contribution in [0.15, 0.2) is 23.1 Å². The second-order valence-corrected chi connectivity index (χ2v) is 5.87. The lowest BCUT2D eigenvalue weighted by Crippen LogP contribution is -2.36. The predicted octanol–water partition coefficient (Wildman–Crippen LogP) is 2.61. The largest absolute Gasteiger partial charge is 0.395 e. The van der Waals surface area contributed by atoms with Crippen molar-refractivity contribution in [2.24, 2.45) is 5.73 Å². The molecule has 0 atom stereocenters. The standard InChI is InChI=1S/C15H24N2OS/c1-19-15-8-4-7-14(13(15)11-16)17(9-10-18)12-5-2-3-6-12/h4,7-8,12,18H,2-3,5-6,9-11,16H2,1H3. The van der Waals surface area contributed by atoms with E-state index in [1.807, 2.05) is 0 Å². The van der Waals surface area contributed by atoms with Gasteiger partial charge in [-0.15, -0.1) is 11.8 Å². The Hall–Kier alpha value is -0.710. The van der Waals surface area contributed by atoms with Crippen LogP contribution in [0, 0.1) is 0 Å². The summed E-state index contributed by atoms with van der Waals surface area (Å²) in [7, 11) is 0. The zero-order chi connectivity index (χ0) is 13.7. The first-order chi connectivity index (χ1) is 9.31. The molecule has 1 aliphatic rings. The van der Waals surface area contributed by atoms with Crippen LogP contribution in [-0.4, -0.2) is 30.6 Å². The van der Waals surface area contributed by atoms with Crippen molar-refractivity contribution in [1.29, 1.82) is 0 Å². The fraction of sp³-hybridized carbons (Fsp3) is 0.600. The number of aliphatic hydroxyl groups is 1. The Bertz CT molecular complexity index is 405. The number of hydrogen-bond acceptors (Lipinski definition) is 4. The average Bonchev–Trinajstić information content (AvgIpc) is 2.97. The van der Waals surface area contributed by atoms with Gasteiger partial charge in [-0.2, -0.15) is 0 Å². The van der Waals surface area contributed by atoms with E-state index < -0.39 is 0 Å². The number of thioether (sulfide) groups is 1. The van der Waals surface area contributed by atoms with Crippen molar-refractivity contribution in [3.8, 4) is 0 Å². The number of nitrogens with two attached hydrogens (primary N) is 1. The Balaban J connectivity index is 2.34. The van der Waals surface area contributed by atoms with E-state index in [9.17, 15) is 5.11 Å². The van der Waals surface area contributed by atoms with E-state index in [2.05, 4.69) is 29.4 Å². The lowest BCUT2D eigenvalue weighted by molar-refractivity contribution is 0.297. The number of aliphatic hydroxyl groups excluding tert-OH is 1. The van der Waals surface area contributed by atoms with E-state index in [1.54, 1.807) is 11.8 Å². The van der Waals surface area contributed by atoms with Crippen LogP contribution in [-0.2, 0) is 6.54 Å². The third kappa shape index (κ3) is 3.25. The van der Waals surface area contributed by atoms with E-state index >= 15 is 0 Å². The maximum absolute atomic E-state index is 9.37. The Kier molecular flexibility index (Phi) is 5.55. The van der Waals surface area contributed by atoms with E-state index in [-0.39, 0.29) is 6.61 Å². The number of anilines is 1. The molecule has 0 amide bonds. The Morgan fingerprint density at radius 2 is 2.11 bits per heavy atom. The topological polar surface area (TPSA) is 49.5 Å². The lowest BCUT2D eigenvalue weighted by atomic mass is 10.1. The van der Waals surface area contributed by atoms with E-state index in [4.69, 9.17) is 5.73 Å². The minimum atomic E-state index is 0.198. The van der Waals surface area contributed by atoms with Crippen LogP contribution in [0.25, 0.3) is 0 Å². The van der Waals surface area contributed by atoms with Crippen LogP contribution < -0.4 is 10.6 Å². The maximum Gasteiger partial charge on any atom is 0.0606 e. The second kappa shape index (κ2) is 7.17. The normalized spacial score (nSPS) is 15.9. The first-order valence-electron chi connectivity index (χ1n) is 7.05. The Labute approximate surface area is 120 Å². The predicted molar refractivity (Wildman–Crippen MR) is 82.8 cm³/mol. The van der Waals surface area contributed by atoms with Crippen molar-refractivity contribution in [3.63, 3.8) is 0 Å². The molecule has 0 bridgehead atoms. The summed E-state index contributed by atoms with van der Waals surface area (Å²) in [5.41, 5.74) is 8.39. The third-order valence-corrected chi connectivity index (χ3v) is 4.77. The summed E-state index contributed by atoms with van der Waals surface area (Å²) in [4.78, 5) is 3.62. The van der Waals surface area contributed by atoms with Crippen molar-refractivity contribution >= 4 is 17.4 Å². The third-order valence-electron chi connectivity index (χ3n) is 3.95. The molecular formula is C15H24N2OS. The minimum absolute atomic E-state index is 0.198. The Morgan fingerprint density at radius 1 is 1.37 bits per heavy atom. The Morgan fingerprint density at radius 3 is 2.68 bits per heavy atom. The molecule has 1 aliphatic carbocycles. The zero-order valence-electron chi connectivity index (χ0n) is 11.6.